The molecule has 0 saturated carbocycles. The number of halogens is 1. The van der Waals surface area contributed by atoms with Crippen LogP contribution in [-0.4, -0.2) is 18.9 Å². The summed E-state index contributed by atoms with van der Waals surface area (Å²) >= 11 is 3.32. The summed E-state index contributed by atoms with van der Waals surface area (Å²) in [7, 11) is 1.55. The van der Waals surface area contributed by atoms with Gasteiger partial charge in [-0.15, -0.1) is 0 Å². The van der Waals surface area contributed by atoms with E-state index < -0.39 is 5.97 Å². The van der Waals surface area contributed by atoms with Gasteiger partial charge in [0, 0.05) is 5.56 Å². The molecule has 0 N–H and O–H groups in total. The van der Waals surface area contributed by atoms with E-state index in [1.165, 1.54) is 6.92 Å². The molecule has 0 heterocycles. The number of hydrogen-bond donors (Lipinski definition) is 0. The van der Waals surface area contributed by atoms with Crippen molar-refractivity contribution in [2.24, 2.45) is 0 Å². The van der Waals surface area contributed by atoms with Crippen LogP contribution in [0.5, 0.6) is 11.5 Å². The maximum Gasteiger partial charge on any atom is 0.343 e. The van der Waals surface area contributed by atoms with Crippen LogP contribution in [-0.2, 0) is 0 Å². The van der Waals surface area contributed by atoms with E-state index in [4.69, 9.17) is 9.47 Å². The van der Waals surface area contributed by atoms with Crippen LogP contribution in [0.15, 0.2) is 46.9 Å². The Morgan fingerprint density at radius 3 is 2.14 bits per heavy atom. The maximum atomic E-state index is 12.0. The zero-order chi connectivity index (χ0) is 15.4. The highest BCUT2D eigenvalue weighted by Gasteiger charge is 2.11. The van der Waals surface area contributed by atoms with Gasteiger partial charge in [0.25, 0.3) is 0 Å². The molecule has 2 rings (SSSR count). The van der Waals surface area contributed by atoms with Crippen LogP contribution in [0.4, 0.5) is 0 Å². The Hall–Kier alpha value is -2.14. The third-order valence-electron chi connectivity index (χ3n) is 2.86. The molecular formula is C16H13BrO4. The topological polar surface area (TPSA) is 52.6 Å². The molecule has 2 aromatic rings. The van der Waals surface area contributed by atoms with Crippen molar-refractivity contribution in [3.63, 3.8) is 0 Å². The number of esters is 1. The number of methoxy groups -OCH3 is 1. The van der Waals surface area contributed by atoms with Crippen molar-refractivity contribution in [2.75, 3.05) is 7.11 Å². The van der Waals surface area contributed by atoms with Crippen molar-refractivity contribution in [1.29, 1.82) is 0 Å². The SMILES string of the molecule is COc1ccc(C(=O)Oc2ccc(C(C)=O)cc2)cc1Br. The van der Waals surface area contributed by atoms with Crippen LogP contribution >= 0.6 is 15.9 Å². The van der Waals surface area contributed by atoms with Crippen LogP contribution in [0.2, 0.25) is 0 Å². The fourth-order valence-electron chi connectivity index (χ4n) is 1.72. The molecular weight excluding hydrogens is 336 g/mol. The number of Topliss-reactive ketones (excluding diaryl/α,β-unsaturated/α-hetero) is 1. The van der Waals surface area contributed by atoms with Crippen LogP contribution in [0.3, 0.4) is 0 Å². The average molecular weight is 349 g/mol. The fraction of sp³-hybridized carbons (Fsp3) is 0.125. The molecule has 0 unspecified atom stereocenters. The normalized spacial score (nSPS) is 10.0. The van der Waals surface area contributed by atoms with E-state index in [1.807, 2.05) is 0 Å². The van der Waals surface area contributed by atoms with Gasteiger partial charge in [-0.1, -0.05) is 0 Å². The monoisotopic (exact) mass is 348 g/mol. The molecule has 21 heavy (non-hydrogen) atoms. The smallest absolute Gasteiger partial charge is 0.343 e. The van der Waals surface area contributed by atoms with Crippen molar-refractivity contribution in [3.05, 3.63) is 58.1 Å². The molecule has 0 fully saturated rings. The Bertz CT molecular complexity index is 677. The summed E-state index contributed by atoms with van der Waals surface area (Å²) < 4.78 is 11.0. The Kier molecular flexibility index (Phi) is 4.75. The molecule has 0 aromatic heterocycles. The van der Waals surface area contributed by atoms with E-state index in [0.717, 1.165) is 0 Å². The lowest BCUT2D eigenvalue weighted by Crippen LogP contribution is -2.08. The van der Waals surface area contributed by atoms with Gasteiger partial charge in [-0.25, -0.2) is 4.79 Å². The van der Waals surface area contributed by atoms with Crippen molar-refractivity contribution >= 4 is 27.7 Å². The van der Waals surface area contributed by atoms with Gasteiger partial charge in [-0.05, 0) is 65.3 Å². The first-order valence-electron chi connectivity index (χ1n) is 6.18. The molecule has 0 amide bonds. The van der Waals surface area contributed by atoms with Crippen molar-refractivity contribution in [1.82, 2.24) is 0 Å². The molecule has 4 nitrogen and oxygen atoms in total. The molecule has 0 aliphatic heterocycles. The van der Waals surface area contributed by atoms with Gasteiger partial charge in [-0.2, -0.15) is 0 Å². The summed E-state index contributed by atoms with van der Waals surface area (Å²) in [5, 5.41) is 0. The lowest BCUT2D eigenvalue weighted by molar-refractivity contribution is 0.0734. The second-order valence-electron chi connectivity index (χ2n) is 4.32. The number of benzene rings is 2. The predicted molar refractivity (Wildman–Crippen MR) is 82.1 cm³/mol. The lowest BCUT2D eigenvalue weighted by Gasteiger charge is -2.07. The minimum absolute atomic E-state index is 0.0352. The molecule has 5 heteroatoms. The highest BCUT2D eigenvalue weighted by Crippen LogP contribution is 2.26. The first-order chi connectivity index (χ1) is 10.0. The number of carbonyl (C=O) groups excluding carboxylic acids is 2. The van der Waals surface area contributed by atoms with Crippen LogP contribution in [0.25, 0.3) is 0 Å². The first kappa shape index (κ1) is 15.3. The highest BCUT2D eigenvalue weighted by atomic mass is 79.9. The van der Waals surface area contributed by atoms with Crippen LogP contribution < -0.4 is 9.47 Å². The highest BCUT2D eigenvalue weighted by molar-refractivity contribution is 9.10. The molecule has 0 aliphatic rings. The quantitative estimate of drug-likeness (QED) is 0.478. The molecule has 0 saturated heterocycles. The third-order valence-corrected chi connectivity index (χ3v) is 3.48. The second kappa shape index (κ2) is 6.54. The van der Waals surface area contributed by atoms with Crippen LogP contribution in [0, 0.1) is 0 Å². The summed E-state index contributed by atoms with van der Waals surface area (Å²) in [6.07, 6.45) is 0. The lowest BCUT2D eigenvalue weighted by atomic mass is 10.1. The molecule has 0 aliphatic carbocycles. The van der Waals surface area contributed by atoms with E-state index >= 15 is 0 Å². The largest absolute Gasteiger partial charge is 0.496 e. The number of hydrogen-bond acceptors (Lipinski definition) is 4. The summed E-state index contributed by atoms with van der Waals surface area (Å²) in [6.45, 7) is 1.48. The van der Waals surface area contributed by atoms with Crippen molar-refractivity contribution in [3.8, 4) is 11.5 Å². The van der Waals surface area contributed by atoms with Gasteiger partial charge in [-0.3, -0.25) is 4.79 Å². The second-order valence-corrected chi connectivity index (χ2v) is 5.17. The Labute approximate surface area is 130 Å². The molecule has 0 bridgehead atoms. The van der Waals surface area contributed by atoms with Gasteiger partial charge in [0.05, 0.1) is 17.1 Å². The number of rotatable bonds is 4. The fourth-order valence-corrected chi connectivity index (χ4v) is 2.26. The van der Waals surface area contributed by atoms with Crippen LogP contribution in [0.1, 0.15) is 27.6 Å². The van der Waals surface area contributed by atoms with Gasteiger partial charge in [0.15, 0.2) is 5.78 Å². The van der Waals surface area contributed by atoms with E-state index in [0.29, 0.717) is 27.1 Å². The molecule has 0 radical (unpaired) electrons. The summed E-state index contributed by atoms with van der Waals surface area (Å²) in [6, 6.07) is 11.4. The number of carbonyl (C=O) groups is 2. The minimum Gasteiger partial charge on any atom is -0.496 e. The minimum atomic E-state index is -0.478. The summed E-state index contributed by atoms with van der Waals surface area (Å²) in [4.78, 5) is 23.2. The van der Waals surface area contributed by atoms with Crippen molar-refractivity contribution in [2.45, 2.75) is 6.92 Å². The average Bonchev–Trinajstić information content (AvgIpc) is 2.47. The molecule has 2 aromatic carbocycles. The van der Waals surface area contributed by atoms with Crippen molar-refractivity contribution < 1.29 is 19.1 Å². The molecule has 108 valence electrons. The van der Waals surface area contributed by atoms with Gasteiger partial charge >= 0.3 is 5.97 Å². The van der Waals surface area contributed by atoms with Gasteiger partial charge in [0.2, 0.25) is 0 Å². The van der Waals surface area contributed by atoms with Gasteiger partial charge < -0.3 is 9.47 Å². The zero-order valence-corrected chi connectivity index (χ0v) is 13.1. The Morgan fingerprint density at radius 2 is 1.62 bits per heavy atom. The third kappa shape index (κ3) is 3.70. The molecule has 0 spiro atoms. The Balaban J connectivity index is 2.14. The Morgan fingerprint density at radius 1 is 1.00 bits per heavy atom. The van der Waals surface area contributed by atoms with E-state index in [1.54, 1.807) is 49.6 Å². The number of ether oxygens (including phenoxy) is 2. The molecule has 0 atom stereocenters. The zero-order valence-electron chi connectivity index (χ0n) is 11.6. The number of ketones is 1. The van der Waals surface area contributed by atoms with E-state index in [9.17, 15) is 9.59 Å². The standard InChI is InChI=1S/C16H13BrO4/c1-10(18)11-3-6-13(7-4-11)21-16(19)12-5-8-15(20-2)14(17)9-12/h3-9H,1-2H3. The van der Waals surface area contributed by atoms with E-state index in [2.05, 4.69) is 15.9 Å². The first-order valence-corrected chi connectivity index (χ1v) is 6.97. The summed E-state index contributed by atoms with van der Waals surface area (Å²) in [5.41, 5.74) is 0.973. The summed E-state index contributed by atoms with van der Waals surface area (Å²) in [5.74, 6) is 0.509. The van der Waals surface area contributed by atoms with E-state index in [-0.39, 0.29) is 5.78 Å². The van der Waals surface area contributed by atoms with Gasteiger partial charge in [0.1, 0.15) is 11.5 Å². The predicted octanol–water partition coefficient (Wildman–Crippen LogP) is 3.88. The maximum absolute atomic E-state index is 12.0.